The van der Waals surface area contributed by atoms with Crippen molar-refractivity contribution in [3.8, 4) is 12.1 Å². The number of hydrogen-bond donors (Lipinski definition) is 1. The van der Waals surface area contributed by atoms with E-state index in [9.17, 15) is 0 Å². The van der Waals surface area contributed by atoms with Gasteiger partial charge in [0.05, 0.1) is 22.7 Å². The molecule has 0 saturated carbocycles. The summed E-state index contributed by atoms with van der Waals surface area (Å²) in [7, 11) is 0. The number of nitriles is 2. The molecule has 1 aromatic rings. The van der Waals surface area contributed by atoms with E-state index < -0.39 is 0 Å². The lowest BCUT2D eigenvalue weighted by molar-refractivity contribution is 0.430. The molecule has 1 aromatic carbocycles. The number of unbranched alkanes of at least 4 members (excludes halogenated alkanes) is 1. The van der Waals surface area contributed by atoms with Crippen molar-refractivity contribution in [2.24, 2.45) is 5.41 Å². The molecule has 0 saturated heterocycles. The molecule has 0 aliphatic rings. The zero-order chi connectivity index (χ0) is 13.4. The van der Waals surface area contributed by atoms with Crippen LogP contribution >= 0.6 is 0 Å². The summed E-state index contributed by atoms with van der Waals surface area (Å²) in [6.07, 6.45) is 2.93. The fourth-order valence-electron chi connectivity index (χ4n) is 1.71. The van der Waals surface area contributed by atoms with E-state index in [-0.39, 0.29) is 5.41 Å². The van der Waals surface area contributed by atoms with E-state index >= 15 is 0 Å². The lowest BCUT2D eigenvalue weighted by Gasteiger charge is -2.14. The van der Waals surface area contributed by atoms with Gasteiger partial charge in [-0.25, -0.2) is 0 Å². The summed E-state index contributed by atoms with van der Waals surface area (Å²) in [5, 5.41) is 21.1. The molecule has 0 atom stereocenters. The summed E-state index contributed by atoms with van der Waals surface area (Å²) in [6.45, 7) is 4.76. The molecule has 0 bridgehead atoms. The topological polar surface area (TPSA) is 59.6 Å². The van der Waals surface area contributed by atoms with E-state index in [0.717, 1.165) is 31.5 Å². The molecule has 0 unspecified atom stereocenters. The van der Waals surface area contributed by atoms with Crippen molar-refractivity contribution in [3.05, 3.63) is 29.8 Å². The molecule has 0 fully saturated rings. The lowest BCUT2D eigenvalue weighted by atomic mass is 9.89. The molecule has 3 heteroatoms. The second kappa shape index (κ2) is 6.67. The van der Waals surface area contributed by atoms with Crippen LogP contribution in [0.4, 0.5) is 5.69 Å². The second-order valence-electron chi connectivity index (χ2n) is 5.04. The summed E-state index contributed by atoms with van der Waals surface area (Å²) < 4.78 is 0. The van der Waals surface area contributed by atoms with Gasteiger partial charge in [-0.3, -0.25) is 0 Å². The van der Waals surface area contributed by atoms with Crippen molar-refractivity contribution < 1.29 is 0 Å². The van der Waals surface area contributed by atoms with E-state index in [4.69, 9.17) is 10.5 Å². The Kier molecular flexibility index (Phi) is 5.21. The summed E-state index contributed by atoms with van der Waals surface area (Å²) in [4.78, 5) is 0. The van der Waals surface area contributed by atoms with Crippen LogP contribution in [0.1, 0.15) is 38.7 Å². The van der Waals surface area contributed by atoms with E-state index in [0.29, 0.717) is 5.56 Å². The first-order valence-electron chi connectivity index (χ1n) is 6.23. The Morgan fingerprint density at radius 1 is 1.17 bits per heavy atom. The van der Waals surface area contributed by atoms with Gasteiger partial charge in [-0.1, -0.05) is 18.6 Å². The number of rotatable bonds is 6. The molecule has 18 heavy (non-hydrogen) atoms. The first-order chi connectivity index (χ1) is 8.59. The second-order valence-corrected chi connectivity index (χ2v) is 5.04. The molecular weight excluding hydrogens is 222 g/mol. The Bertz CT molecular complexity index is 463. The van der Waals surface area contributed by atoms with E-state index in [2.05, 4.69) is 17.5 Å². The average Bonchev–Trinajstić information content (AvgIpc) is 2.38. The fraction of sp³-hybridized carbons (Fsp3) is 0.467. The lowest BCUT2D eigenvalue weighted by Crippen LogP contribution is -2.09. The van der Waals surface area contributed by atoms with Crippen LogP contribution in [0.15, 0.2) is 24.3 Å². The van der Waals surface area contributed by atoms with Gasteiger partial charge in [0.2, 0.25) is 0 Å². The van der Waals surface area contributed by atoms with Gasteiger partial charge in [0.15, 0.2) is 0 Å². The predicted octanol–water partition coefficient (Wildman–Crippen LogP) is 3.69. The van der Waals surface area contributed by atoms with Crippen LogP contribution in [0.5, 0.6) is 0 Å². The highest BCUT2D eigenvalue weighted by molar-refractivity contribution is 5.56. The van der Waals surface area contributed by atoms with Gasteiger partial charge in [0.25, 0.3) is 0 Å². The Balaban J connectivity index is 2.31. The SMILES string of the molecule is CC(C)(C#N)CCCCNc1ccccc1C#N. The van der Waals surface area contributed by atoms with Gasteiger partial charge < -0.3 is 5.32 Å². The summed E-state index contributed by atoms with van der Waals surface area (Å²) >= 11 is 0. The molecule has 0 aliphatic carbocycles. The molecule has 0 radical (unpaired) electrons. The summed E-state index contributed by atoms with van der Waals surface area (Å²) in [6, 6.07) is 12.0. The number of nitrogens with zero attached hydrogens (tertiary/aromatic N) is 2. The number of hydrogen-bond acceptors (Lipinski definition) is 3. The highest BCUT2D eigenvalue weighted by Gasteiger charge is 2.15. The zero-order valence-electron chi connectivity index (χ0n) is 11.0. The quantitative estimate of drug-likeness (QED) is 0.773. The molecule has 3 nitrogen and oxygen atoms in total. The van der Waals surface area contributed by atoms with Crippen molar-refractivity contribution in [3.63, 3.8) is 0 Å². The number of benzene rings is 1. The minimum Gasteiger partial charge on any atom is -0.384 e. The molecular formula is C15H19N3. The number of nitrogens with one attached hydrogen (secondary N) is 1. The van der Waals surface area contributed by atoms with E-state index in [1.54, 1.807) is 6.07 Å². The van der Waals surface area contributed by atoms with Gasteiger partial charge in [0.1, 0.15) is 6.07 Å². The molecule has 94 valence electrons. The Labute approximate surface area is 109 Å². The van der Waals surface area contributed by atoms with Crippen LogP contribution in [0.2, 0.25) is 0 Å². The van der Waals surface area contributed by atoms with Crippen molar-refractivity contribution in [2.75, 3.05) is 11.9 Å². The standard InChI is InChI=1S/C15H19N3/c1-15(2,12-17)9-5-6-10-18-14-8-4-3-7-13(14)11-16/h3-4,7-8,18H,5-6,9-10H2,1-2H3. The molecule has 1 rings (SSSR count). The third kappa shape index (κ3) is 4.47. The number of para-hydroxylation sites is 1. The van der Waals surface area contributed by atoms with Crippen molar-refractivity contribution in [1.82, 2.24) is 0 Å². The zero-order valence-corrected chi connectivity index (χ0v) is 11.0. The third-order valence-corrected chi connectivity index (χ3v) is 2.89. The molecule has 1 N–H and O–H groups in total. The molecule has 0 aromatic heterocycles. The minimum atomic E-state index is -0.232. The predicted molar refractivity (Wildman–Crippen MR) is 72.9 cm³/mol. The first kappa shape index (κ1) is 14.1. The van der Waals surface area contributed by atoms with Gasteiger partial charge >= 0.3 is 0 Å². The Morgan fingerprint density at radius 2 is 1.89 bits per heavy atom. The Hall–Kier alpha value is -2.00. The van der Waals surface area contributed by atoms with E-state index in [1.165, 1.54) is 0 Å². The maximum absolute atomic E-state index is 8.93. The van der Waals surface area contributed by atoms with Crippen LogP contribution in [0.25, 0.3) is 0 Å². The van der Waals surface area contributed by atoms with Crippen molar-refractivity contribution >= 4 is 5.69 Å². The highest BCUT2D eigenvalue weighted by Crippen LogP contribution is 2.21. The third-order valence-electron chi connectivity index (χ3n) is 2.89. The van der Waals surface area contributed by atoms with Crippen LogP contribution in [0.3, 0.4) is 0 Å². The minimum absolute atomic E-state index is 0.232. The summed E-state index contributed by atoms with van der Waals surface area (Å²) in [5.74, 6) is 0. The van der Waals surface area contributed by atoms with E-state index in [1.807, 2.05) is 32.0 Å². The largest absolute Gasteiger partial charge is 0.384 e. The van der Waals surface area contributed by atoms with Crippen LogP contribution in [0, 0.1) is 28.1 Å². The normalized spacial score (nSPS) is 10.4. The first-order valence-corrected chi connectivity index (χ1v) is 6.23. The monoisotopic (exact) mass is 241 g/mol. The van der Waals surface area contributed by atoms with Crippen molar-refractivity contribution in [1.29, 1.82) is 10.5 Å². The van der Waals surface area contributed by atoms with Crippen LogP contribution < -0.4 is 5.32 Å². The van der Waals surface area contributed by atoms with Gasteiger partial charge in [0, 0.05) is 6.54 Å². The maximum atomic E-state index is 8.93. The maximum Gasteiger partial charge on any atom is 0.101 e. The van der Waals surface area contributed by atoms with Crippen LogP contribution in [-0.2, 0) is 0 Å². The molecule has 0 amide bonds. The summed E-state index contributed by atoms with van der Waals surface area (Å²) in [5.41, 5.74) is 1.33. The van der Waals surface area contributed by atoms with Crippen molar-refractivity contribution in [2.45, 2.75) is 33.1 Å². The fourth-order valence-corrected chi connectivity index (χ4v) is 1.71. The molecule has 0 spiro atoms. The number of anilines is 1. The smallest absolute Gasteiger partial charge is 0.101 e. The average molecular weight is 241 g/mol. The highest BCUT2D eigenvalue weighted by atomic mass is 14.9. The van der Waals surface area contributed by atoms with Gasteiger partial charge in [-0.05, 0) is 38.8 Å². The van der Waals surface area contributed by atoms with Gasteiger partial charge in [-0.2, -0.15) is 10.5 Å². The Morgan fingerprint density at radius 3 is 2.56 bits per heavy atom. The molecule has 0 aliphatic heterocycles. The molecule has 0 heterocycles. The van der Waals surface area contributed by atoms with Crippen LogP contribution in [-0.4, -0.2) is 6.54 Å². The van der Waals surface area contributed by atoms with Gasteiger partial charge in [-0.15, -0.1) is 0 Å².